The quantitative estimate of drug-likeness (QED) is 0.840. The van der Waals surface area contributed by atoms with Crippen LogP contribution in [-0.4, -0.2) is 59.7 Å². The number of carbonyl (C=O) groups excluding carboxylic acids is 3. The molecular formula is C19H28N4O3. The van der Waals surface area contributed by atoms with Crippen LogP contribution in [0, 0.1) is 0 Å². The lowest BCUT2D eigenvalue weighted by Gasteiger charge is -2.27. The van der Waals surface area contributed by atoms with Gasteiger partial charge < -0.3 is 15.5 Å². The van der Waals surface area contributed by atoms with E-state index in [1.54, 1.807) is 24.3 Å². The molecule has 142 valence electrons. The van der Waals surface area contributed by atoms with Gasteiger partial charge in [-0.1, -0.05) is 13.0 Å². The van der Waals surface area contributed by atoms with Crippen LogP contribution in [0.2, 0.25) is 0 Å². The number of rotatable bonds is 5. The van der Waals surface area contributed by atoms with E-state index in [1.165, 1.54) is 6.92 Å². The smallest absolute Gasteiger partial charge is 0.241 e. The molecule has 0 spiro atoms. The van der Waals surface area contributed by atoms with Gasteiger partial charge >= 0.3 is 0 Å². The Bertz CT molecular complexity index is 662. The third kappa shape index (κ3) is 5.56. The van der Waals surface area contributed by atoms with Crippen LogP contribution < -0.4 is 10.6 Å². The number of hydrogen-bond acceptors (Lipinski definition) is 4. The van der Waals surface area contributed by atoms with Crippen LogP contribution in [0.25, 0.3) is 0 Å². The van der Waals surface area contributed by atoms with Crippen LogP contribution >= 0.6 is 0 Å². The van der Waals surface area contributed by atoms with Crippen molar-refractivity contribution in [2.24, 2.45) is 0 Å². The van der Waals surface area contributed by atoms with Crippen molar-refractivity contribution in [3.8, 4) is 0 Å². The first-order chi connectivity index (χ1) is 12.4. The Hall–Kier alpha value is -2.41. The second-order valence-electron chi connectivity index (χ2n) is 6.55. The van der Waals surface area contributed by atoms with Crippen molar-refractivity contribution in [3.05, 3.63) is 24.3 Å². The topological polar surface area (TPSA) is 81.8 Å². The number of amides is 3. The van der Waals surface area contributed by atoms with Gasteiger partial charge in [0.2, 0.25) is 17.7 Å². The van der Waals surface area contributed by atoms with Gasteiger partial charge in [0.15, 0.2) is 0 Å². The summed E-state index contributed by atoms with van der Waals surface area (Å²) < 4.78 is 0. The second kappa shape index (κ2) is 9.33. The van der Waals surface area contributed by atoms with Gasteiger partial charge in [0, 0.05) is 50.9 Å². The largest absolute Gasteiger partial charge is 0.341 e. The minimum absolute atomic E-state index is 0.0970. The van der Waals surface area contributed by atoms with Crippen LogP contribution in [0.3, 0.4) is 0 Å². The molecule has 1 aromatic carbocycles. The van der Waals surface area contributed by atoms with E-state index >= 15 is 0 Å². The number of benzene rings is 1. The molecule has 1 aliphatic heterocycles. The Morgan fingerprint density at radius 2 is 1.77 bits per heavy atom. The van der Waals surface area contributed by atoms with Gasteiger partial charge in [-0.25, -0.2) is 0 Å². The first-order valence-electron chi connectivity index (χ1n) is 9.11. The molecule has 0 saturated carbocycles. The Morgan fingerprint density at radius 3 is 2.42 bits per heavy atom. The van der Waals surface area contributed by atoms with Crippen LogP contribution in [-0.2, 0) is 14.4 Å². The highest BCUT2D eigenvalue weighted by Gasteiger charge is 2.25. The minimum atomic E-state index is -0.295. The van der Waals surface area contributed by atoms with Crippen molar-refractivity contribution in [1.82, 2.24) is 9.80 Å². The Balaban J connectivity index is 1.95. The van der Waals surface area contributed by atoms with E-state index in [2.05, 4.69) is 15.5 Å². The SMILES string of the molecule is CCC(=O)N1CCCN(C(C)C(=O)Nc2cccc(NC(C)=O)c2)CC1. The summed E-state index contributed by atoms with van der Waals surface area (Å²) in [4.78, 5) is 39.6. The summed E-state index contributed by atoms with van der Waals surface area (Å²) in [5.74, 6) is -0.0865. The molecule has 1 aliphatic rings. The molecular weight excluding hydrogens is 332 g/mol. The Kier molecular flexibility index (Phi) is 7.15. The summed E-state index contributed by atoms with van der Waals surface area (Å²) in [7, 11) is 0. The summed E-state index contributed by atoms with van der Waals surface area (Å²) in [6.07, 6.45) is 1.38. The Morgan fingerprint density at radius 1 is 1.08 bits per heavy atom. The lowest BCUT2D eigenvalue weighted by Crippen LogP contribution is -2.44. The van der Waals surface area contributed by atoms with Crippen molar-refractivity contribution in [2.45, 2.75) is 39.7 Å². The average molecular weight is 360 g/mol. The highest BCUT2D eigenvalue weighted by Crippen LogP contribution is 2.16. The van der Waals surface area contributed by atoms with E-state index in [9.17, 15) is 14.4 Å². The first-order valence-corrected chi connectivity index (χ1v) is 9.11. The van der Waals surface area contributed by atoms with Crippen molar-refractivity contribution in [3.63, 3.8) is 0 Å². The van der Waals surface area contributed by atoms with Gasteiger partial charge in [-0.15, -0.1) is 0 Å². The van der Waals surface area contributed by atoms with Crippen LogP contribution in [0.4, 0.5) is 11.4 Å². The summed E-state index contributed by atoms with van der Waals surface area (Å²) in [6, 6.07) is 6.78. The average Bonchev–Trinajstić information content (AvgIpc) is 2.86. The van der Waals surface area contributed by atoms with Crippen molar-refractivity contribution >= 4 is 29.1 Å². The zero-order valence-corrected chi connectivity index (χ0v) is 15.7. The minimum Gasteiger partial charge on any atom is -0.341 e. The number of carbonyl (C=O) groups is 3. The van der Waals surface area contributed by atoms with Crippen LogP contribution in [0.1, 0.15) is 33.6 Å². The monoisotopic (exact) mass is 360 g/mol. The van der Waals surface area contributed by atoms with Gasteiger partial charge in [0.25, 0.3) is 0 Å². The molecule has 1 atom stereocenters. The molecule has 0 radical (unpaired) electrons. The van der Waals surface area contributed by atoms with Gasteiger partial charge in [0.1, 0.15) is 0 Å². The van der Waals surface area contributed by atoms with Gasteiger partial charge in [-0.2, -0.15) is 0 Å². The van der Waals surface area contributed by atoms with Crippen molar-refractivity contribution in [1.29, 1.82) is 0 Å². The van der Waals surface area contributed by atoms with E-state index in [0.717, 1.165) is 19.5 Å². The van der Waals surface area contributed by atoms with Crippen LogP contribution in [0.15, 0.2) is 24.3 Å². The first kappa shape index (κ1) is 19.9. The zero-order chi connectivity index (χ0) is 19.1. The molecule has 7 heteroatoms. The maximum Gasteiger partial charge on any atom is 0.241 e. The summed E-state index contributed by atoms with van der Waals surface area (Å²) in [6.45, 7) is 8.07. The van der Waals surface area contributed by atoms with E-state index in [4.69, 9.17) is 0 Å². The molecule has 0 aliphatic carbocycles. The molecule has 1 saturated heterocycles. The third-order valence-corrected chi connectivity index (χ3v) is 4.56. The van der Waals surface area contributed by atoms with Crippen molar-refractivity contribution in [2.75, 3.05) is 36.8 Å². The lowest BCUT2D eigenvalue weighted by atomic mass is 10.2. The maximum absolute atomic E-state index is 12.6. The summed E-state index contributed by atoms with van der Waals surface area (Å²) in [5.41, 5.74) is 1.29. The molecule has 3 amide bonds. The summed E-state index contributed by atoms with van der Waals surface area (Å²) >= 11 is 0. The Labute approximate surface area is 154 Å². The number of nitrogens with one attached hydrogen (secondary N) is 2. The molecule has 26 heavy (non-hydrogen) atoms. The zero-order valence-electron chi connectivity index (χ0n) is 15.7. The van der Waals surface area contributed by atoms with E-state index in [-0.39, 0.29) is 23.8 Å². The van der Waals surface area contributed by atoms with E-state index in [0.29, 0.717) is 30.9 Å². The number of anilines is 2. The highest BCUT2D eigenvalue weighted by molar-refractivity contribution is 5.96. The molecule has 0 aromatic heterocycles. The molecule has 1 unspecified atom stereocenters. The normalized spacial score (nSPS) is 16.5. The fourth-order valence-corrected chi connectivity index (χ4v) is 3.09. The molecule has 7 nitrogen and oxygen atoms in total. The fourth-order valence-electron chi connectivity index (χ4n) is 3.09. The predicted octanol–water partition coefficient (Wildman–Crippen LogP) is 1.92. The number of hydrogen-bond donors (Lipinski definition) is 2. The highest BCUT2D eigenvalue weighted by atomic mass is 16.2. The third-order valence-electron chi connectivity index (χ3n) is 4.56. The summed E-state index contributed by atoms with van der Waals surface area (Å²) in [5, 5.41) is 5.61. The molecule has 1 heterocycles. The van der Waals surface area contributed by atoms with Gasteiger partial charge in [-0.05, 0) is 31.5 Å². The maximum atomic E-state index is 12.6. The molecule has 2 N–H and O–H groups in total. The molecule has 1 fully saturated rings. The lowest BCUT2D eigenvalue weighted by molar-refractivity contribution is -0.130. The predicted molar refractivity (Wildman–Crippen MR) is 102 cm³/mol. The number of nitrogens with zero attached hydrogens (tertiary/aromatic N) is 2. The molecule has 0 bridgehead atoms. The molecule has 2 rings (SSSR count). The van der Waals surface area contributed by atoms with Crippen molar-refractivity contribution < 1.29 is 14.4 Å². The van der Waals surface area contributed by atoms with Gasteiger partial charge in [0.05, 0.1) is 6.04 Å². The van der Waals surface area contributed by atoms with E-state index in [1.807, 2.05) is 18.7 Å². The molecule has 1 aromatic rings. The van der Waals surface area contributed by atoms with Crippen LogP contribution in [0.5, 0.6) is 0 Å². The fraction of sp³-hybridized carbons (Fsp3) is 0.526. The van der Waals surface area contributed by atoms with E-state index < -0.39 is 0 Å². The second-order valence-corrected chi connectivity index (χ2v) is 6.55. The standard InChI is InChI=1S/C19H28N4O3/c1-4-18(25)23-10-6-9-22(11-12-23)14(2)19(26)21-17-8-5-7-16(13-17)20-15(3)24/h5,7-8,13-14H,4,6,9-12H2,1-3H3,(H,20,24)(H,21,26). The van der Waals surface area contributed by atoms with Gasteiger partial charge in [-0.3, -0.25) is 19.3 Å².